The largest absolute Gasteiger partial charge is 0.497 e. The zero-order valence-corrected chi connectivity index (χ0v) is 14.3. The first-order valence-electron chi connectivity index (χ1n) is 7.46. The number of nitrogens with one attached hydrogen (secondary N) is 1. The molecular weight excluding hydrogens is 322 g/mol. The number of methoxy groups -OCH3 is 1. The van der Waals surface area contributed by atoms with Crippen molar-refractivity contribution in [2.75, 3.05) is 7.11 Å². The van der Waals surface area contributed by atoms with E-state index in [1.807, 2.05) is 43.3 Å². The van der Waals surface area contributed by atoms with Gasteiger partial charge in [-0.1, -0.05) is 6.07 Å². The molecular formula is C18H17N3O2S. The molecule has 122 valence electrons. The Morgan fingerprint density at radius 2 is 2.04 bits per heavy atom. The van der Waals surface area contributed by atoms with Gasteiger partial charge in [0.1, 0.15) is 15.6 Å². The zero-order valence-electron chi connectivity index (χ0n) is 13.4. The van der Waals surface area contributed by atoms with E-state index in [0.29, 0.717) is 11.4 Å². The fourth-order valence-electron chi connectivity index (χ4n) is 2.23. The van der Waals surface area contributed by atoms with E-state index in [-0.39, 0.29) is 5.91 Å². The van der Waals surface area contributed by atoms with Crippen LogP contribution < -0.4 is 10.1 Å². The topological polar surface area (TPSA) is 64.1 Å². The van der Waals surface area contributed by atoms with Crippen LogP contribution in [0.25, 0.3) is 10.6 Å². The van der Waals surface area contributed by atoms with Gasteiger partial charge in [0.15, 0.2) is 0 Å². The SMILES string of the molecule is COc1ccc(-c2nc(C)c(C(=O)NCc3cccnc3)s2)cc1. The number of ether oxygens (including phenoxy) is 1. The van der Waals surface area contributed by atoms with Crippen LogP contribution in [0.4, 0.5) is 0 Å². The molecule has 3 rings (SSSR count). The van der Waals surface area contributed by atoms with Gasteiger partial charge in [-0.15, -0.1) is 11.3 Å². The third-order valence-corrected chi connectivity index (χ3v) is 4.72. The van der Waals surface area contributed by atoms with Crippen LogP contribution in [0, 0.1) is 6.92 Å². The minimum Gasteiger partial charge on any atom is -0.497 e. The second-order valence-electron chi connectivity index (χ2n) is 5.21. The Bertz CT molecular complexity index is 829. The van der Waals surface area contributed by atoms with Gasteiger partial charge < -0.3 is 10.1 Å². The highest BCUT2D eigenvalue weighted by Gasteiger charge is 2.16. The Kier molecular flexibility index (Phi) is 4.86. The molecule has 0 radical (unpaired) electrons. The lowest BCUT2D eigenvalue weighted by atomic mass is 10.2. The van der Waals surface area contributed by atoms with Crippen LogP contribution >= 0.6 is 11.3 Å². The molecule has 2 aromatic heterocycles. The van der Waals surface area contributed by atoms with Crippen molar-refractivity contribution >= 4 is 17.2 Å². The highest BCUT2D eigenvalue weighted by Crippen LogP contribution is 2.29. The number of rotatable bonds is 5. The van der Waals surface area contributed by atoms with Gasteiger partial charge in [0.2, 0.25) is 0 Å². The number of hydrogen-bond donors (Lipinski definition) is 1. The monoisotopic (exact) mass is 339 g/mol. The minimum absolute atomic E-state index is 0.117. The molecule has 0 saturated carbocycles. The Hall–Kier alpha value is -2.73. The molecule has 6 heteroatoms. The van der Waals surface area contributed by atoms with E-state index in [9.17, 15) is 4.79 Å². The number of benzene rings is 1. The number of thiazole rings is 1. The van der Waals surface area contributed by atoms with Crippen LogP contribution in [0.15, 0.2) is 48.8 Å². The summed E-state index contributed by atoms with van der Waals surface area (Å²) in [6, 6.07) is 11.4. The van der Waals surface area contributed by atoms with Gasteiger partial charge in [0, 0.05) is 24.5 Å². The van der Waals surface area contributed by atoms with Gasteiger partial charge in [-0.25, -0.2) is 4.98 Å². The molecule has 5 nitrogen and oxygen atoms in total. The second-order valence-corrected chi connectivity index (χ2v) is 6.21. The van der Waals surface area contributed by atoms with Gasteiger partial charge in [-0.2, -0.15) is 0 Å². The Morgan fingerprint density at radius 3 is 2.71 bits per heavy atom. The molecule has 0 atom stereocenters. The average molecular weight is 339 g/mol. The minimum atomic E-state index is -0.117. The number of aromatic nitrogens is 2. The molecule has 0 aliphatic rings. The number of amides is 1. The first kappa shape index (κ1) is 16.1. The van der Waals surface area contributed by atoms with Crippen molar-refractivity contribution in [3.8, 4) is 16.3 Å². The van der Waals surface area contributed by atoms with Crippen molar-refractivity contribution in [3.05, 3.63) is 64.9 Å². The lowest BCUT2D eigenvalue weighted by Crippen LogP contribution is -2.22. The van der Waals surface area contributed by atoms with Gasteiger partial charge in [0.05, 0.1) is 12.8 Å². The van der Waals surface area contributed by atoms with E-state index in [4.69, 9.17) is 4.74 Å². The maximum atomic E-state index is 12.4. The van der Waals surface area contributed by atoms with Crippen molar-refractivity contribution in [1.29, 1.82) is 0 Å². The summed E-state index contributed by atoms with van der Waals surface area (Å²) in [4.78, 5) is 21.6. The molecule has 0 aliphatic carbocycles. The van der Waals surface area contributed by atoms with E-state index < -0.39 is 0 Å². The van der Waals surface area contributed by atoms with Gasteiger partial charge in [0.25, 0.3) is 5.91 Å². The highest BCUT2D eigenvalue weighted by atomic mass is 32.1. The van der Waals surface area contributed by atoms with Crippen LogP contribution in [0.1, 0.15) is 20.9 Å². The lowest BCUT2D eigenvalue weighted by molar-refractivity contribution is 0.0954. The summed E-state index contributed by atoms with van der Waals surface area (Å²) in [5.41, 5.74) is 2.66. The molecule has 0 saturated heterocycles. The number of hydrogen-bond acceptors (Lipinski definition) is 5. The fourth-order valence-corrected chi connectivity index (χ4v) is 3.22. The lowest BCUT2D eigenvalue weighted by Gasteiger charge is -2.03. The number of pyridine rings is 1. The van der Waals surface area contributed by atoms with Crippen molar-refractivity contribution < 1.29 is 9.53 Å². The first-order chi connectivity index (χ1) is 11.7. The van der Waals surface area contributed by atoms with Gasteiger partial charge in [-0.05, 0) is 42.8 Å². The van der Waals surface area contributed by atoms with Gasteiger partial charge in [-0.3, -0.25) is 9.78 Å². The zero-order chi connectivity index (χ0) is 16.9. The summed E-state index contributed by atoms with van der Waals surface area (Å²) in [6.45, 7) is 2.30. The standard InChI is InChI=1S/C18H17N3O2S/c1-12-16(17(22)20-11-13-4-3-9-19-10-13)24-18(21-12)14-5-7-15(23-2)8-6-14/h3-10H,11H2,1-2H3,(H,20,22). The maximum Gasteiger partial charge on any atom is 0.263 e. The molecule has 0 spiro atoms. The van der Waals surface area contributed by atoms with E-state index >= 15 is 0 Å². The van der Waals surface area contributed by atoms with E-state index in [0.717, 1.165) is 27.6 Å². The summed E-state index contributed by atoms with van der Waals surface area (Å²) < 4.78 is 5.16. The fraction of sp³-hybridized carbons (Fsp3) is 0.167. The van der Waals surface area contributed by atoms with Crippen molar-refractivity contribution in [3.63, 3.8) is 0 Å². The molecule has 0 aliphatic heterocycles. The van der Waals surface area contributed by atoms with Crippen molar-refractivity contribution in [2.24, 2.45) is 0 Å². The first-order valence-corrected chi connectivity index (χ1v) is 8.28. The van der Waals surface area contributed by atoms with Crippen LogP contribution in [-0.4, -0.2) is 23.0 Å². The molecule has 0 bridgehead atoms. The molecule has 2 heterocycles. The summed E-state index contributed by atoms with van der Waals surface area (Å²) in [5, 5.41) is 3.73. The van der Waals surface area contributed by atoms with Crippen molar-refractivity contribution in [1.82, 2.24) is 15.3 Å². The number of nitrogens with zero attached hydrogens (tertiary/aromatic N) is 2. The molecule has 24 heavy (non-hydrogen) atoms. The Morgan fingerprint density at radius 1 is 1.25 bits per heavy atom. The predicted octanol–water partition coefficient (Wildman–Crippen LogP) is 3.45. The summed E-state index contributed by atoms with van der Waals surface area (Å²) in [5.74, 6) is 0.676. The summed E-state index contributed by atoms with van der Waals surface area (Å²) in [6.07, 6.45) is 3.45. The van der Waals surface area contributed by atoms with Crippen LogP contribution in [0.5, 0.6) is 5.75 Å². The predicted molar refractivity (Wildman–Crippen MR) is 94.2 cm³/mol. The Labute approximate surface area is 144 Å². The molecule has 0 unspecified atom stereocenters. The number of carbonyl (C=O) groups is 1. The molecule has 3 aromatic rings. The third kappa shape index (κ3) is 3.60. The summed E-state index contributed by atoms with van der Waals surface area (Å²) in [7, 11) is 1.63. The quantitative estimate of drug-likeness (QED) is 0.773. The van der Waals surface area contributed by atoms with E-state index in [1.54, 1.807) is 19.5 Å². The normalized spacial score (nSPS) is 10.4. The van der Waals surface area contributed by atoms with Crippen LogP contribution in [0.3, 0.4) is 0 Å². The summed E-state index contributed by atoms with van der Waals surface area (Å²) >= 11 is 1.39. The highest BCUT2D eigenvalue weighted by molar-refractivity contribution is 7.17. The van der Waals surface area contributed by atoms with Crippen LogP contribution in [-0.2, 0) is 6.54 Å². The molecule has 1 amide bonds. The molecule has 1 aromatic carbocycles. The van der Waals surface area contributed by atoms with E-state index in [1.165, 1.54) is 11.3 Å². The Balaban J connectivity index is 1.74. The number of carbonyl (C=O) groups excluding carboxylic acids is 1. The van der Waals surface area contributed by atoms with Crippen molar-refractivity contribution in [2.45, 2.75) is 13.5 Å². The maximum absolute atomic E-state index is 12.4. The average Bonchev–Trinajstić information content (AvgIpc) is 3.02. The molecule has 0 fully saturated rings. The number of aryl methyl sites for hydroxylation is 1. The van der Waals surface area contributed by atoms with Crippen LogP contribution in [0.2, 0.25) is 0 Å². The van der Waals surface area contributed by atoms with E-state index in [2.05, 4.69) is 15.3 Å². The van der Waals surface area contributed by atoms with Gasteiger partial charge >= 0.3 is 0 Å². The molecule has 1 N–H and O–H groups in total. The smallest absolute Gasteiger partial charge is 0.263 e. The third-order valence-electron chi connectivity index (χ3n) is 3.52. The second kappa shape index (κ2) is 7.23.